The molecule has 0 atom stereocenters. The van der Waals surface area contributed by atoms with Crippen LogP contribution in [-0.2, 0) is 11.4 Å². The van der Waals surface area contributed by atoms with Crippen molar-refractivity contribution in [1.82, 2.24) is 0 Å². The lowest BCUT2D eigenvalue weighted by atomic mass is 10.1. The number of benzene rings is 3. The second-order valence-corrected chi connectivity index (χ2v) is 7.62. The molecule has 3 aromatic rings. The first-order chi connectivity index (χ1) is 14.5. The van der Waals surface area contributed by atoms with E-state index < -0.39 is 0 Å². The summed E-state index contributed by atoms with van der Waals surface area (Å²) in [7, 11) is 0. The van der Waals surface area contributed by atoms with Gasteiger partial charge in [-0.05, 0) is 54.5 Å². The lowest BCUT2D eigenvalue weighted by Gasteiger charge is -2.12. The number of carbonyl (C=O) groups is 1. The number of anilines is 1. The second kappa shape index (κ2) is 8.74. The van der Waals surface area contributed by atoms with Crippen molar-refractivity contribution in [3.63, 3.8) is 0 Å². The third-order valence-electron chi connectivity index (χ3n) is 4.65. The maximum atomic E-state index is 12.9. The highest BCUT2D eigenvalue weighted by Crippen LogP contribution is 2.31. The van der Waals surface area contributed by atoms with E-state index in [-0.39, 0.29) is 5.91 Å². The molecule has 3 aromatic carbocycles. The summed E-state index contributed by atoms with van der Waals surface area (Å²) in [5.74, 6) is 0.553. The first-order valence-corrected chi connectivity index (χ1v) is 10.1. The molecule has 1 aliphatic rings. The molecule has 150 valence electrons. The average Bonchev–Trinajstić information content (AvgIpc) is 3.04. The number of hydrazone groups is 1. The van der Waals surface area contributed by atoms with Crippen molar-refractivity contribution < 1.29 is 9.53 Å². The largest absolute Gasteiger partial charge is 0.489 e. The molecule has 0 spiro atoms. The Balaban J connectivity index is 1.48. The minimum Gasteiger partial charge on any atom is -0.489 e. The SMILES string of the molecule is CC1=NN(c2ccc(Cl)c(Cl)c2)C(=O)/C1=C/c1ccc(OCc2ccccc2)cc1. The van der Waals surface area contributed by atoms with E-state index in [0.717, 1.165) is 16.9 Å². The number of ether oxygens (including phenoxy) is 1. The van der Waals surface area contributed by atoms with E-state index in [9.17, 15) is 4.79 Å². The summed E-state index contributed by atoms with van der Waals surface area (Å²) < 4.78 is 5.81. The van der Waals surface area contributed by atoms with Crippen molar-refractivity contribution in [2.24, 2.45) is 5.10 Å². The van der Waals surface area contributed by atoms with Gasteiger partial charge in [-0.1, -0.05) is 65.7 Å². The molecule has 0 N–H and O–H groups in total. The lowest BCUT2D eigenvalue weighted by molar-refractivity contribution is -0.114. The van der Waals surface area contributed by atoms with Crippen LogP contribution in [0.15, 0.2) is 83.5 Å². The average molecular weight is 437 g/mol. The Bertz CT molecular complexity index is 1140. The molecule has 4 nitrogen and oxygen atoms in total. The normalized spacial score (nSPS) is 14.9. The van der Waals surface area contributed by atoms with Crippen molar-refractivity contribution in [2.75, 3.05) is 5.01 Å². The molecule has 0 bridgehead atoms. The Morgan fingerprint density at radius 3 is 2.40 bits per heavy atom. The first-order valence-electron chi connectivity index (χ1n) is 9.35. The molecule has 0 saturated heterocycles. The van der Waals surface area contributed by atoms with Gasteiger partial charge in [0.25, 0.3) is 5.91 Å². The minimum absolute atomic E-state index is 0.213. The molecule has 1 aliphatic heterocycles. The summed E-state index contributed by atoms with van der Waals surface area (Å²) in [4.78, 5) is 12.9. The molecule has 0 saturated carbocycles. The number of hydrogen-bond donors (Lipinski definition) is 0. The Morgan fingerprint density at radius 1 is 0.967 bits per heavy atom. The van der Waals surface area contributed by atoms with Gasteiger partial charge in [0.15, 0.2) is 0 Å². The molecule has 6 heteroatoms. The molecule has 30 heavy (non-hydrogen) atoms. The van der Waals surface area contributed by atoms with Gasteiger partial charge in [-0.2, -0.15) is 10.1 Å². The Labute approximate surface area is 185 Å². The number of rotatable bonds is 5. The summed E-state index contributed by atoms with van der Waals surface area (Å²) in [6, 6.07) is 22.6. The topological polar surface area (TPSA) is 41.9 Å². The van der Waals surface area contributed by atoms with Crippen molar-refractivity contribution in [3.05, 3.63) is 99.5 Å². The second-order valence-electron chi connectivity index (χ2n) is 6.80. The van der Waals surface area contributed by atoms with Crippen molar-refractivity contribution in [3.8, 4) is 5.75 Å². The maximum Gasteiger partial charge on any atom is 0.280 e. The maximum absolute atomic E-state index is 12.9. The van der Waals surface area contributed by atoms with Gasteiger partial charge < -0.3 is 4.74 Å². The predicted molar refractivity (Wildman–Crippen MR) is 122 cm³/mol. The predicted octanol–water partition coefficient (Wildman–Crippen LogP) is 6.38. The van der Waals surface area contributed by atoms with Crippen LogP contribution in [0.25, 0.3) is 6.08 Å². The highest BCUT2D eigenvalue weighted by Gasteiger charge is 2.29. The van der Waals surface area contributed by atoms with E-state index in [1.807, 2.05) is 60.7 Å². The molecule has 0 radical (unpaired) electrons. The number of hydrogen-bond acceptors (Lipinski definition) is 3. The van der Waals surface area contributed by atoms with E-state index in [1.165, 1.54) is 5.01 Å². The van der Waals surface area contributed by atoms with Crippen LogP contribution in [0.1, 0.15) is 18.1 Å². The zero-order valence-corrected chi connectivity index (χ0v) is 17.7. The number of carbonyl (C=O) groups excluding carboxylic acids is 1. The molecule has 0 unspecified atom stereocenters. The van der Waals surface area contributed by atoms with Crippen LogP contribution in [0, 0.1) is 0 Å². The fourth-order valence-electron chi connectivity index (χ4n) is 3.04. The van der Waals surface area contributed by atoms with E-state index >= 15 is 0 Å². The van der Waals surface area contributed by atoms with Gasteiger partial charge in [0.2, 0.25) is 0 Å². The van der Waals surface area contributed by atoms with E-state index in [1.54, 1.807) is 25.1 Å². The highest BCUT2D eigenvalue weighted by molar-refractivity contribution is 6.42. The molecular formula is C24H18Cl2N2O2. The third kappa shape index (κ3) is 4.40. The number of amides is 1. The van der Waals surface area contributed by atoms with Gasteiger partial charge in [0.05, 0.1) is 27.0 Å². The molecule has 4 rings (SSSR count). The van der Waals surface area contributed by atoms with Gasteiger partial charge in [-0.15, -0.1) is 0 Å². The summed E-state index contributed by atoms with van der Waals surface area (Å²) in [5.41, 5.74) is 3.72. The van der Waals surface area contributed by atoms with Gasteiger partial charge in [-0.25, -0.2) is 0 Å². The fraction of sp³-hybridized carbons (Fsp3) is 0.0833. The zero-order valence-electron chi connectivity index (χ0n) is 16.2. The molecule has 1 amide bonds. The number of nitrogens with zero attached hydrogens (tertiary/aromatic N) is 2. The smallest absolute Gasteiger partial charge is 0.280 e. The quantitative estimate of drug-likeness (QED) is 0.435. The highest BCUT2D eigenvalue weighted by atomic mass is 35.5. The minimum atomic E-state index is -0.213. The molecule has 0 fully saturated rings. The zero-order chi connectivity index (χ0) is 21.1. The summed E-state index contributed by atoms with van der Waals surface area (Å²) in [6.45, 7) is 2.31. The van der Waals surface area contributed by atoms with E-state index in [4.69, 9.17) is 27.9 Å². The third-order valence-corrected chi connectivity index (χ3v) is 5.39. The Hall–Kier alpha value is -3.08. The molecule has 0 aromatic heterocycles. The standard InChI is InChI=1S/C24H18Cl2N2O2/c1-16-21(24(29)28(27-16)19-9-12-22(25)23(26)14-19)13-17-7-10-20(11-8-17)30-15-18-5-3-2-4-6-18/h2-14H,15H2,1H3/b21-13+. The van der Waals surface area contributed by atoms with Crippen LogP contribution in [0.5, 0.6) is 5.75 Å². The van der Waals surface area contributed by atoms with Gasteiger partial charge >= 0.3 is 0 Å². The monoisotopic (exact) mass is 436 g/mol. The van der Waals surface area contributed by atoms with Crippen LogP contribution < -0.4 is 9.75 Å². The molecule has 1 heterocycles. The van der Waals surface area contributed by atoms with Gasteiger partial charge in [0, 0.05) is 0 Å². The summed E-state index contributed by atoms with van der Waals surface area (Å²) in [5, 5.41) is 6.51. The Morgan fingerprint density at radius 2 is 1.70 bits per heavy atom. The van der Waals surface area contributed by atoms with E-state index in [0.29, 0.717) is 33.6 Å². The fourth-order valence-corrected chi connectivity index (χ4v) is 3.34. The van der Waals surface area contributed by atoms with Crippen molar-refractivity contribution in [1.29, 1.82) is 0 Å². The van der Waals surface area contributed by atoms with Gasteiger partial charge in [-0.3, -0.25) is 4.79 Å². The summed E-state index contributed by atoms with van der Waals surface area (Å²) in [6.07, 6.45) is 1.82. The Kier molecular flexibility index (Phi) is 5.88. The van der Waals surface area contributed by atoms with Crippen LogP contribution >= 0.6 is 23.2 Å². The van der Waals surface area contributed by atoms with Crippen LogP contribution in [0.4, 0.5) is 5.69 Å². The summed E-state index contributed by atoms with van der Waals surface area (Å²) >= 11 is 12.0. The first kappa shape index (κ1) is 20.2. The van der Waals surface area contributed by atoms with E-state index in [2.05, 4.69) is 5.10 Å². The van der Waals surface area contributed by atoms with Crippen molar-refractivity contribution >= 4 is 46.6 Å². The van der Waals surface area contributed by atoms with Crippen LogP contribution in [0.3, 0.4) is 0 Å². The van der Waals surface area contributed by atoms with Crippen molar-refractivity contribution in [2.45, 2.75) is 13.5 Å². The molecule has 0 aliphatic carbocycles. The lowest BCUT2D eigenvalue weighted by Crippen LogP contribution is -2.21. The van der Waals surface area contributed by atoms with Crippen LogP contribution in [0.2, 0.25) is 10.0 Å². The van der Waals surface area contributed by atoms with Crippen LogP contribution in [-0.4, -0.2) is 11.6 Å². The van der Waals surface area contributed by atoms with Gasteiger partial charge in [0.1, 0.15) is 12.4 Å². The molecular weight excluding hydrogens is 419 g/mol. The number of halogens is 2.